The zero-order valence-electron chi connectivity index (χ0n) is 17.9. The monoisotopic (exact) mass is 486 g/mol. The van der Waals surface area contributed by atoms with Crippen molar-refractivity contribution in [3.8, 4) is 0 Å². The van der Waals surface area contributed by atoms with Crippen molar-refractivity contribution in [3.63, 3.8) is 0 Å². The highest BCUT2D eigenvalue weighted by atomic mass is 35.5. The van der Waals surface area contributed by atoms with Crippen LogP contribution in [0.2, 0.25) is 5.02 Å². The SMILES string of the molecule is Nc1nc(N)c2c(Cl)c(CNc3ccc(C(=O)NC(CCCC(=O)O)C(=O)O)cc3)ccc2n1. The molecule has 3 aromatic rings. The van der Waals surface area contributed by atoms with Gasteiger partial charge in [0.1, 0.15) is 11.9 Å². The van der Waals surface area contributed by atoms with Gasteiger partial charge < -0.3 is 32.3 Å². The molecule has 34 heavy (non-hydrogen) atoms. The number of rotatable bonds is 10. The Labute approximate surface area is 199 Å². The van der Waals surface area contributed by atoms with Crippen LogP contribution in [0.4, 0.5) is 17.5 Å². The van der Waals surface area contributed by atoms with E-state index in [0.29, 0.717) is 28.2 Å². The molecule has 178 valence electrons. The van der Waals surface area contributed by atoms with Crippen molar-refractivity contribution in [3.05, 3.63) is 52.5 Å². The number of amides is 1. The van der Waals surface area contributed by atoms with E-state index in [4.69, 9.17) is 28.2 Å². The van der Waals surface area contributed by atoms with Crippen LogP contribution >= 0.6 is 11.6 Å². The van der Waals surface area contributed by atoms with E-state index in [-0.39, 0.29) is 36.6 Å². The molecule has 0 aliphatic carbocycles. The highest BCUT2D eigenvalue weighted by Gasteiger charge is 2.20. The lowest BCUT2D eigenvalue weighted by Crippen LogP contribution is -2.40. The molecule has 0 saturated carbocycles. The number of aliphatic carboxylic acids is 2. The maximum absolute atomic E-state index is 12.4. The summed E-state index contributed by atoms with van der Waals surface area (Å²) in [6.45, 7) is 0.356. The predicted molar refractivity (Wildman–Crippen MR) is 128 cm³/mol. The topological polar surface area (TPSA) is 194 Å². The average Bonchev–Trinajstić information content (AvgIpc) is 2.77. The van der Waals surface area contributed by atoms with Gasteiger partial charge in [-0.25, -0.2) is 9.78 Å². The molecule has 2 aromatic carbocycles. The van der Waals surface area contributed by atoms with Gasteiger partial charge in [0, 0.05) is 24.2 Å². The molecule has 1 aromatic heterocycles. The number of anilines is 3. The molecular weight excluding hydrogens is 464 g/mol. The maximum Gasteiger partial charge on any atom is 0.326 e. The van der Waals surface area contributed by atoms with E-state index in [9.17, 15) is 19.5 Å². The third-order valence-electron chi connectivity index (χ3n) is 5.04. The largest absolute Gasteiger partial charge is 0.481 e. The molecular formula is C22H23ClN6O5. The average molecular weight is 487 g/mol. The van der Waals surface area contributed by atoms with Crippen LogP contribution in [0.25, 0.3) is 10.9 Å². The van der Waals surface area contributed by atoms with Crippen LogP contribution < -0.4 is 22.1 Å². The number of carbonyl (C=O) groups excluding carboxylic acids is 1. The van der Waals surface area contributed by atoms with Crippen LogP contribution in [0, 0.1) is 0 Å². The van der Waals surface area contributed by atoms with Crippen molar-refractivity contribution in [2.75, 3.05) is 16.8 Å². The smallest absolute Gasteiger partial charge is 0.326 e. The number of halogens is 1. The Bertz CT molecular complexity index is 1230. The Morgan fingerprint density at radius 3 is 2.38 bits per heavy atom. The minimum atomic E-state index is -1.22. The van der Waals surface area contributed by atoms with E-state index in [0.717, 1.165) is 5.56 Å². The quantitative estimate of drug-likeness (QED) is 0.248. The van der Waals surface area contributed by atoms with E-state index in [1.54, 1.807) is 36.4 Å². The van der Waals surface area contributed by atoms with Gasteiger partial charge >= 0.3 is 11.9 Å². The van der Waals surface area contributed by atoms with Crippen molar-refractivity contribution in [2.45, 2.75) is 31.8 Å². The summed E-state index contributed by atoms with van der Waals surface area (Å²) in [4.78, 5) is 42.4. The van der Waals surface area contributed by atoms with Crippen LogP contribution in [0.5, 0.6) is 0 Å². The summed E-state index contributed by atoms with van der Waals surface area (Å²) < 4.78 is 0. The normalized spacial score (nSPS) is 11.7. The molecule has 3 rings (SSSR count). The molecule has 1 unspecified atom stereocenters. The zero-order chi connectivity index (χ0) is 24.8. The third-order valence-corrected chi connectivity index (χ3v) is 5.47. The van der Waals surface area contributed by atoms with Crippen LogP contribution in [0.1, 0.15) is 35.2 Å². The first-order valence-corrected chi connectivity index (χ1v) is 10.6. The van der Waals surface area contributed by atoms with Gasteiger partial charge in [-0.2, -0.15) is 4.98 Å². The molecule has 11 nitrogen and oxygen atoms in total. The van der Waals surface area contributed by atoms with Crippen molar-refractivity contribution < 1.29 is 24.6 Å². The van der Waals surface area contributed by atoms with Crippen molar-refractivity contribution in [1.82, 2.24) is 15.3 Å². The number of fused-ring (bicyclic) bond motifs is 1. The number of carboxylic acids is 2. The Hall–Kier alpha value is -4.12. The molecule has 1 heterocycles. The number of nitrogens with zero attached hydrogens (tertiary/aromatic N) is 2. The van der Waals surface area contributed by atoms with Gasteiger partial charge in [0.05, 0.1) is 15.9 Å². The minimum absolute atomic E-state index is 0.0156. The van der Waals surface area contributed by atoms with Gasteiger partial charge in [0.2, 0.25) is 5.95 Å². The minimum Gasteiger partial charge on any atom is -0.481 e. The number of nitrogens with two attached hydrogens (primary N) is 2. The summed E-state index contributed by atoms with van der Waals surface area (Å²) in [6.07, 6.45) is -0.0193. The summed E-state index contributed by atoms with van der Waals surface area (Å²) in [5.74, 6) is -2.57. The van der Waals surface area contributed by atoms with E-state index in [1.165, 1.54) is 0 Å². The highest BCUT2D eigenvalue weighted by Crippen LogP contribution is 2.30. The zero-order valence-corrected chi connectivity index (χ0v) is 18.7. The molecule has 0 radical (unpaired) electrons. The molecule has 0 fully saturated rings. The van der Waals surface area contributed by atoms with Crippen LogP contribution in [0.3, 0.4) is 0 Å². The Kier molecular flexibility index (Phi) is 7.69. The number of carboxylic acid groups (broad SMARTS) is 2. The molecule has 1 atom stereocenters. The second-order valence-electron chi connectivity index (χ2n) is 7.48. The second-order valence-corrected chi connectivity index (χ2v) is 7.86. The van der Waals surface area contributed by atoms with E-state index >= 15 is 0 Å². The van der Waals surface area contributed by atoms with Crippen molar-refractivity contribution in [1.29, 1.82) is 0 Å². The molecule has 0 bridgehead atoms. The molecule has 0 aliphatic rings. The van der Waals surface area contributed by atoms with Gasteiger partial charge in [0.15, 0.2) is 0 Å². The molecule has 8 N–H and O–H groups in total. The Morgan fingerprint density at radius 2 is 1.74 bits per heavy atom. The predicted octanol–water partition coefficient (Wildman–Crippen LogP) is 2.50. The van der Waals surface area contributed by atoms with Crippen LogP contribution in [-0.4, -0.2) is 44.1 Å². The fourth-order valence-corrected chi connectivity index (χ4v) is 3.63. The molecule has 12 heteroatoms. The summed E-state index contributed by atoms with van der Waals surface area (Å²) >= 11 is 6.49. The summed E-state index contributed by atoms with van der Waals surface area (Å²) in [5, 5.41) is 24.5. The molecule has 0 spiro atoms. The van der Waals surface area contributed by atoms with E-state index in [1.807, 2.05) is 0 Å². The van der Waals surface area contributed by atoms with E-state index in [2.05, 4.69) is 20.6 Å². The number of nitrogens with one attached hydrogen (secondary N) is 2. The highest BCUT2D eigenvalue weighted by molar-refractivity contribution is 6.37. The van der Waals surface area contributed by atoms with Crippen LogP contribution in [-0.2, 0) is 16.1 Å². The fourth-order valence-electron chi connectivity index (χ4n) is 3.30. The first kappa shape index (κ1) is 24.5. The van der Waals surface area contributed by atoms with E-state index < -0.39 is 23.9 Å². The van der Waals surface area contributed by atoms with Crippen LogP contribution in [0.15, 0.2) is 36.4 Å². The lowest BCUT2D eigenvalue weighted by molar-refractivity contribution is -0.140. The van der Waals surface area contributed by atoms with Gasteiger partial charge in [-0.05, 0) is 48.7 Å². The summed E-state index contributed by atoms with van der Waals surface area (Å²) in [5.41, 5.74) is 13.8. The standard InChI is InChI=1S/C22H23ClN6O5/c23-18-12(6-9-14-17(18)19(24)29-22(25)28-14)10-26-13-7-4-11(5-8-13)20(32)27-15(21(33)34)2-1-3-16(30)31/h4-9,15,26H,1-3,10H2,(H,27,32)(H,30,31)(H,33,34)(H4,24,25,28,29). The first-order valence-electron chi connectivity index (χ1n) is 10.2. The Morgan fingerprint density at radius 1 is 1.03 bits per heavy atom. The van der Waals surface area contributed by atoms with Gasteiger partial charge in [0.25, 0.3) is 5.91 Å². The van der Waals surface area contributed by atoms with Crippen molar-refractivity contribution in [2.24, 2.45) is 0 Å². The Balaban J connectivity index is 1.63. The number of hydrogen-bond donors (Lipinski definition) is 6. The summed E-state index contributed by atoms with van der Waals surface area (Å²) in [7, 11) is 0. The number of benzene rings is 2. The molecule has 1 amide bonds. The number of carbonyl (C=O) groups is 3. The van der Waals surface area contributed by atoms with Gasteiger partial charge in [-0.1, -0.05) is 17.7 Å². The maximum atomic E-state index is 12.4. The lowest BCUT2D eigenvalue weighted by Gasteiger charge is -2.14. The number of hydrogen-bond acceptors (Lipinski definition) is 8. The first-order chi connectivity index (χ1) is 16.2. The van der Waals surface area contributed by atoms with Gasteiger partial charge in [-0.3, -0.25) is 9.59 Å². The van der Waals surface area contributed by atoms with Crippen molar-refractivity contribution >= 4 is 57.8 Å². The molecule has 0 aliphatic heterocycles. The number of nitrogen functional groups attached to an aromatic ring is 2. The second kappa shape index (κ2) is 10.7. The van der Waals surface area contributed by atoms with Gasteiger partial charge in [-0.15, -0.1) is 0 Å². The molecule has 0 saturated heterocycles. The fraction of sp³-hybridized carbons (Fsp3) is 0.227. The number of aromatic nitrogens is 2. The third kappa shape index (κ3) is 6.01. The lowest BCUT2D eigenvalue weighted by atomic mass is 10.1. The summed E-state index contributed by atoms with van der Waals surface area (Å²) in [6, 6.07) is 8.79.